The highest BCUT2D eigenvalue weighted by molar-refractivity contribution is 5.25. The summed E-state index contributed by atoms with van der Waals surface area (Å²) in [6.45, 7) is 0. The molecule has 0 saturated heterocycles. The second kappa shape index (κ2) is 4.27. The molecule has 0 fully saturated rings. The average molecular weight is 297 g/mol. The Labute approximate surface area is 99.6 Å². The Balaban J connectivity index is 3.57. The van der Waals surface area contributed by atoms with Gasteiger partial charge in [0, 0.05) is 18.0 Å². The van der Waals surface area contributed by atoms with Crippen molar-refractivity contribution in [2.75, 3.05) is 0 Å². The third kappa shape index (κ3) is 2.23. The molecule has 1 heterocycles. The van der Waals surface area contributed by atoms with Crippen molar-refractivity contribution < 1.29 is 39.5 Å². The van der Waals surface area contributed by atoms with Crippen LogP contribution in [-0.4, -0.2) is 23.3 Å². The van der Waals surface area contributed by atoms with E-state index >= 15 is 0 Å². The summed E-state index contributed by atoms with van der Waals surface area (Å²) in [6, 6.07) is 0.766. The van der Waals surface area contributed by atoms with Gasteiger partial charge >= 0.3 is 23.9 Å². The quantitative estimate of drug-likeness (QED) is 0.752. The predicted octanol–water partition coefficient (Wildman–Crippen LogP) is 4.01. The molecule has 0 aliphatic carbocycles. The zero-order valence-electron chi connectivity index (χ0n) is 8.66. The number of halogens is 9. The molecule has 10 heteroatoms. The number of nitrogens with zero attached hydrogens (tertiary/aromatic N) is 1. The third-order valence-electron chi connectivity index (χ3n) is 2.24. The Hall–Kier alpha value is -1.48. The van der Waals surface area contributed by atoms with Gasteiger partial charge in [0.1, 0.15) is 0 Å². The van der Waals surface area contributed by atoms with Crippen molar-refractivity contribution in [1.82, 2.24) is 4.98 Å². The lowest BCUT2D eigenvalue weighted by Gasteiger charge is -2.35. The summed E-state index contributed by atoms with van der Waals surface area (Å²) in [5.41, 5.74) is -7.84. The molecule has 0 radical (unpaired) electrons. The molecule has 1 unspecified atom stereocenters. The fraction of sp³-hybridized carbons (Fsp3) is 0.444. The minimum absolute atomic E-state index is 0.0346. The van der Waals surface area contributed by atoms with Crippen molar-refractivity contribution in [3.05, 3.63) is 30.1 Å². The number of aromatic nitrogens is 1. The van der Waals surface area contributed by atoms with E-state index in [0.29, 0.717) is 6.07 Å². The van der Waals surface area contributed by atoms with Crippen molar-refractivity contribution >= 4 is 0 Å². The lowest BCUT2D eigenvalue weighted by molar-refractivity contribution is -0.389. The molecule has 0 N–H and O–H groups in total. The topological polar surface area (TPSA) is 12.9 Å². The number of alkyl halides is 9. The average Bonchev–Trinajstić information content (AvgIpc) is 2.25. The Morgan fingerprint density at radius 2 is 1.32 bits per heavy atom. The zero-order valence-corrected chi connectivity index (χ0v) is 8.66. The van der Waals surface area contributed by atoms with Crippen LogP contribution in [0.2, 0.25) is 0 Å². The van der Waals surface area contributed by atoms with E-state index in [1.54, 1.807) is 0 Å². The standard InChI is InChI=1S/C9H4F9N/c10-6(8(13,14)15,5-2-1-3-19-4-5)7(11,12)9(16,17)18/h1-4H. The van der Waals surface area contributed by atoms with Gasteiger partial charge in [0.15, 0.2) is 0 Å². The Bertz CT molecular complexity index is 435. The van der Waals surface area contributed by atoms with Crippen molar-refractivity contribution in [1.29, 1.82) is 0 Å². The summed E-state index contributed by atoms with van der Waals surface area (Å²) < 4.78 is 113. The van der Waals surface area contributed by atoms with Crippen molar-refractivity contribution in [3.63, 3.8) is 0 Å². The van der Waals surface area contributed by atoms with Crippen LogP contribution in [0, 0.1) is 0 Å². The first-order valence-electron chi connectivity index (χ1n) is 4.46. The van der Waals surface area contributed by atoms with Crippen molar-refractivity contribution in [3.8, 4) is 0 Å². The molecular weight excluding hydrogens is 293 g/mol. The van der Waals surface area contributed by atoms with Gasteiger partial charge in [0.05, 0.1) is 0 Å². The summed E-state index contributed by atoms with van der Waals surface area (Å²) in [5.74, 6) is -6.65. The van der Waals surface area contributed by atoms with E-state index in [9.17, 15) is 39.5 Å². The third-order valence-corrected chi connectivity index (χ3v) is 2.24. The zero-order chi connectivity index (χ0) is 15.1. The number of pyridine rings is 1. The van der Waals surface area contributed by atoms with E-state index in [1.165, 1.54) is 0 Å². The van der Waals surface area contributed by atoms with Gasteiger partial charge in [-0.25, -0.2) is 4.39 Å². The second-order valence-electron chi connectivity index (χ2n) is 3.47. The molecular formula is C9H4F9N. The monoisotopic (exact) mass is 297 g/mol. The van der Waals surface area contributed by atoms with Gasteiger partial charge < -0.3 is 0 Å². The van der Waals surface area contributed by atoms with E-state index in [0.717, 1.165) is 6.20 Å². The van der Waals surface area contributed by atoms with E-state index in [1.807, 2.05) is 0 Å². The molecule has 0 aliphatic heterocycles. The van der Waals surface area contributed by atoms with Crippen LogP contribution in [0.4, 0.5) is 39.5 Å². The minimum atomic E-state index is -6.72. The summed E-state index contributed by atoms with van der Waals surface area (Å²) in [7, 11) is 0. The molecule has 0 saturated carbocycles. The molecule has 19 heavy (non-hydrogen) atoms. The minimum Gasteiger partial charge on any atom is -0.264 e. The summed E-state index contributed by atoms with van der Waals surface area (Å²) in [4.78, 5) is 2.92. The molecule has 1 atom stereocenters. The van der Waals surface area contributed by atoms with Crippen LogP contribution < -0.4 is 0 Å². The highest BCUT2D eigenvalue weighted by Crippen LogP contribution is 2.57. The maximum absolute atomic E-state index is 13.7. The summed E-state index contributed by atoms with van der Waals surface area (Å²) in [5, 5.41) is 0. The molecule has 1 nitrogen and oxygen atoms in total. The largest absolute Gasteiger partial charge is 0.457 e. The summed E-state index contributed by atoms with van der Waals surface area (Å²) >= 11 is 0. The lowest BCUT2D eigenvalue weighted by atomic mass is 9.89. The highest BCUT2D eigenvalue weighted by Gasteiger charge is 2.81. The van der Waals surface area contributed by atoms with Crippen LogP contribution in [0.1, 0.15) is 5.56 Å². The molecule has 0 amide bonds. The van der Waals surface area contributed by atoms with E-state index in [2.05, 4.69) is 4.98 Å². The van der Waals surface area contributed by atoms with Gasteiger partial charge in [-0.1, -0.05) is 6.07 Å². The van der Waals surface area contributed by atoms with Crippen molar-refractivity contribution in [2.45, 2.75) is 23.9 Å². The first-order chi connectivity index (χ1) is 8.36. The van der Waals surface area contributed by atoms with Crippen LogP contribution in [0.5, 0.6) is 0 Å². The Morgan fingerprint density at radius 1 is 0.789 bits per heavy atom. The molecule has 0 aliphatic rings. The molecule has 1 aromatic rings. The van der Waals surface area contributed by atoms with Crippen LogP contribution in [0.3, 0.4) is 0 Å². The maximum atomic E-state index is 13.7. The molecule has 108 valence electrons. The first-order valence-corrected chi connectivity index (χ1v) is 4.46. The number of rotatable bonds is 2. The van der Waals surface area contributed by atoms with Gasteiger partial charge in [-0.15, -0.1) is 0 Å². The van der Waals surface area contributed by atoms with Crippen LogP contribution in [0.25, 0.3) is 0 Å². The Morgan fingerprint density at radius 3 is 1.63 bits per heavy atom. The molecule has 0 aromatic carbocycles. The van der Waals surface area contributed by atoms with Gasteiger partial charge in [0.25, 0.3) is 0 Å². The number of hydrogen-bond acceptors (Lipinski definition) is 1. The fourth-order valence-corrected chi connectivity index (χ4v) is 1.28. The SMILES string of the molecule is FC(F)(F)C(F)(F)C(F)(c1cccnc1)C(F)(F)F. The molecule has 1 aromatic heterocycles. The van der Waals surface area contributed by atoms with Gasteiger partial charge in [-0.3, -0.25) is 4.98 Å². The fourth-order valence-electron chi connectivity index (χ4n) is 1.28. The van der Waals surface area contributed by atoms with Crippen molar-refractivity contribution in [2.24, 2.45) is 0 Å². The van der Waals surface area contributed by atoms with Crippen LogP contribution in [-0.2, 0) is 5.67 Å². The Kier molecular flexibility index (Phi) is 3.50. The van der Waals surface area contributed by atoms with E-state index < -0.39 is 29.5 Å². The predicted molar refractivity (Wildman–Crippen MR) is 44.1 cm³/mol. The normalized spacial score (nSPS) is 17.1. The van der Waals surface area contributed by atoms with Gasteiger partial charge in [0.2, 0.25) is 0 Å². The molecule has 1 rings (SSSR count). The van der Waals surface area contributed by atoms with Gasteiger partial charge in [-0.2, -0.15) is 35.1 Å². The van der Waals surface area contributed by atoms with E-state index in [-0.39, 0.29) is 12.3 Å². The molecule has 0 spiro atoms. The summed E-state index contributed by atoms with van der Waals surface area (Å²) in [6.07, 6.45) is -12.4. The van der Waals surface area contributed by atoms with Crippen LogP contribution >= 0.6 is 0 Å². The van der Waals surface area contributed by atoms with E-state index in [4.69, 9.17) is 0 Å². The van der Waals surface area contributed by atoms with Crippen LogP contribution in [0.15, 0.2) is 24.5 Å². The second-order valence-corrected chi connectivity index (χ2v) is 3.47. The maximum Gasteiger partial charge on any atom is 0.457 e. The molecule has 0 bridgehead atoms. The highest BCUT2D eigenvalue weighted by atomic mass is 19.4. The number of hydrogen-bond donors (Lipinski definition) is 0. The first kappa shape index (κ1) is 15.6. The van der Waals surface area contributed by atoms with Gasteiger partial charge in [-0.05, 0) is 6.07 Å². The smallest absolute Gasteiger partial charge is 0.264 e. The lowest BCUT2D eigenvalue weighted by Crippen LogP contribution is -2.59.